The fourth-order valence-electron chi connectivity index (χ4n) is 2.60. The van der Waals surface area contributed by atoms with Gasteiger partial charge in [-0.15, -0.1) is 0 Å². The number of amides is 3. The molecule has 6 heteroatoms. The van der Waals surface area contributed by atoms with Crippen molar-refractivity contribution in [2.45, 2.75) is 51.6 Å². The average Bonchev–Trinajstić information content (AvgIpc) is 2.92. The van der Waals surface area contributed by atoms with Crippen LogP contribution in [0.2, 0.25) is 0 Å². The maximum Gasteiger partial charge on any atom is 0.251 e. The lowest BCUT2D eigenvalue weighted by Gasteiger charge is -2.26. The number of nitrogens with two attached hydrogens (primary N) is 1. The first-order valence-corrected chi connectivity index (χ1v) is 8.37. The van der Waals surface area contributed by atoms with E-state index in [2.05, 4.69) is 5.32 Å². The second kappa shape index (κ2) is 7.57. The molecule has 0 spiro atoms. The molecule has 0 aliphatic carbocycles. The summed E-state index contributed by atoms with van der Waals surface area (Å²) in [6.45, 7) is 4.70. The van der Waals surface area contributed by atoms with Crippen molar-refractivity contribution < 1.29 is 14.4 Å². The SMILES string of the molecule is CCC(N)(CC)CNC(=O)c1ccc(CN2C(=O)CCC2=O)cc1. The summed E-state index contributed by atoms with van der Waals surface area (Å²) in [5.74, 6) is -0.452. The molecule has 1 saturated heterocycles. The molecular weight excluding hydrogens is 306 g/mol. The predicted octanol–water partition coefficient (Wildman–Crippen LogP) is 1.58. The van der Waals surface area contributed by atoms with Gasteiger partial charge in [0.2, 0.25) is 11.8 Å². The number of hydrogen-bond acceptors (Lipinski definition) is 4. The molecule has 6 nitrogen and oxygen atoms in total. The van der Waals surface area contributed by atoms with Gasteiger partial charge in [0.15, 0.2) is 0 Å². The highest BCUT2D eigenvalue weighted by atomic mass is 16.2. The van der Waals surface area contributed by atoms with E-state index in [1.807, 2.05) is 13.8 Å². The molecule has 0 atom stereocenters. The van der Waals surface area contributed by atoms with Gasteiger partial charge in [0.1, 0.15) is 0 Å². The molecule has 2 rings (SSSR count). The van der Waals surface area contributed by atoms with Crippen LogP contribution in [0.15, 0.2) is 24.3 Å². The van der Waals surface area contributed by atoms with Gasteiger partial charge in [0.05, 0.1) is 6.54 Å². The minimum atomic E-state index is -0.383. The normalized spacial score (nSPS) is 15.0. The van der Waals surface area contributed by atoms with E-state index >= 15 is 0 Å². The second-order valence-corrected chi connectivity index (χ2v) is 6.32. The molecule has 1 heterocycles. The number of hydrogen-bond donors (Lipinski definition) is 2. The minimum Gasteiger partial charge on any atom is -0.350 e. The van der Waals surface area contributed by atoms with Crippen molar-refractivity contribution >= 4 is 17.7 Å². The van der Waals surface area contributed by atoms with Gasteiger partial charge >= 0.3 is 0 Å². The molecule has 1 aromatic rings. The number of imide groups is 1. The van der Waals surface area contributed by atoms with E-state index in [0.29, 0.717) is 12.1 Å². The van der Waals surface area contributed by atoms with E-state index in [-0.39, 0.29) is 42.6 Å². The Morgan fingerprint density at radius 2 is 1.67 bits per heavy atom. The van der Waals surface area contributed by atoms with Gasteiger partial charge in [-0.05, 0) is 30.5 Å². The van der Waals surface area contributed by atoms with E-state index in [1.165, 1.54) is 4.90 Å². The van der Waals surface area contributed by atoms with Gasteiger partial charge in [-0.1, -0.05) is 26.0 Å². The minimum absolute atomic E-state index is 0.139. The van der Waals surface area contributed by atoms with Crippen molar-refractivity contribution in [3.8, 4) is 0 Å². The van der Waals surface area contributed by atoms with Gasteiger partial charge in [-0.25, -0.2) is 0 Å². The summed E-state index contributed by atoms with van der Waals surface area (Å²) >= 11 is 0. The van der Waals surface area contributed by atoms with Gasteiger partial charge in [-0.2, -0.15) is 0 Å². The monoisotopic (exact) mass is 331 g/mol. The van der Waals surface area contributed by atoms with Crippen LogP contribution in [0.5, 0.6) is 0 Å². The van der Waals surface area contributed by atoms with Crippen molar-refractivity contribution in [3.63, 3.8) is 0 Å². The molecular formula is C18H25N3O3. The number of rotatable bonds is 7. The molecule has 0 radical (unpaired) electrons. The highest BCUT2D eigenvalue weighted by Gasteiger charge is 2.28. The Balaban J connectivity index is 1.95. The molecule has 0 bridgehead atoms. The smallest absolute Gasteiger partial charge is 0.251 e. The third-order valence-electron chi connectivity index (χ3n) is 4.72. The number of likely N-dealkylation sites (tertiary alicyclic amines) is 1. The Morgan fingerprint density at radius 3 is 2.17 bits per heavy atom. The first-order chi connectivity index (χ1) is 11.4. The molecule has 1 fully saturated rings. The fourth-order valence-corrected chi connectivity index (χ4v) is 2.60. The van der Waals surface area contributed by atoms with Crippen LogP contribution in [0, 0.1) is 0 Å². The van der Waals surface area contributed by atoms with Gasteiger partial charge in [-0.3, -0.25) is 19.3 Å². The molecule has 1 aliphatic rings. The number of nitrogens with one attached hydrogen (secondary N) is 1. The van der Waals surface area contributed by atoms with Crippen LogP contribution in [0.1, 0.15) is 55.5 Å². The maximum atomic E-state index is 12.2. The summed E-state index contributed by atoms with van der Waals surface area (Å²) in [7, 11) is 0. The van der Waals surface area contributed by atoms with Crippen LogP contribution in [0.4, 0.5) is 0 Å². The summed E-state index contributed by atoms with van der Waals surface area (Å²) in [4.78, 5) is 36.7. The standard InChI is InChI=1S/C18H25N3O3/c1-3-18(19,4-2)12-20-17(24)14-7-5-13(6-8-14)11-21-15(22)9-10-16(21)23/h5-8H,3-4,9-12,19H2,1-2H3,(H,20,24). The molecule has 0 aromatic heterocycles. The summed E-state index contributed by atoms with van der Waals surface area (Å²) in [6.07, 6.45) is 2.16. The Hall–Kier alpha value is -2.21. The average molecular weight is 331 g/mol. The summed E-state index contributed by atoms with van der Waals surface area (Å²) in [5.41, 5.74) is 7.16. The zero-order valence-electron chi connectivity index (χ0n) is 14.3. The van der Waals surface area contributed by atoms with Crippen molar-refractivity contribution in [1.82, 2.24) is 10.2 Å². The van der Waals surface area contributed by atoms with Gasteiger partial charge in [0.25, 0.3) is 5.91 Å². The van der Waals surface area contributed by atoms with Crippen LogP contribution in [-0.2, 0) is 16.1 Å². The first kappa shape index (κ1) is 18.1. The van der Waals surface area contributed by atoms with Crippen molar-refractivity contribution in [2.75, 3.05) is 6.54 Å². The Kier molecular flexibility index (Phi) is 5.72. The largest absolute Gasteiger partial charge is 0.350 e. The van der Waals surface area contributed by atoms with E-state index < -0.39 is 0 Å². The Morgan fingerprint density at radius 1 is 1.12 bits per heavy atom. The summed E-state index contributed by atoms with van der Waals surface area (Å²) < 4.78 is 0. The zero-order valence-corrected chi connectivity index (χ0v) is 14.3. The maximum absolute atomic E-state index is 12.2. The van der Waals surface area contributed by atoms with Crippen LogP contribution < -0.4 is 11.1 Å². The molecule has 3 amide bonds. The van der Waals surface area contributed by atoms with Crippen molar-refractivity contribution in [3.05, 3.63) is 35.4 Å². The highest BCUT2D eigenvalue weighted by Crippen LogP contribution is 2.16. The highest BCUT2D eigenvalue weighted by molar-refractivity contribution is 6.01. The third-order valence-corrected chi connectivity index (χ3v) is 4.72. The summed E-state index contributed by atoms with van der Waals surface area (Å²) in [6, 6.07) is 6.93. The van der Waals surface area contributed by atoms with Gasteiger partial charge in [0, 0.05) is 30.5 Å². The molecule has 1 aromatic carbocycles. The van der Waals surface area contributed by atoms with E-state index in [9.17, 15) is 14.4 Å². The quantitative estimate of drug-likeness (QED) is 0.742. The molecule has 24 heavy (non-hydrogen) atoms. The third kappa shape index (κ3) is 4.20. The Bertz CT molecular complexity index is 605. The lowest BCUT2D eigenvalue weighted by Crippen LogP contribution is -2.49. The fraction of sp³-hybridized carbons (Fsp3) is 0.500. The molecule has 0 saturated carbocycles. The topological polar surface area (TPSA) is 92.5 Å². The molecule has 130 valence electrons. The van der Waals surface area contributed by atoms with Crippen LogP contribution in [-0.4, -0.2) is 34.7 Å². The van der Waals surface area contributed by atoms with Crippen LogP contribution >= 0.6 is 0 Å². The Labute approximate surface area is 142 Å². The lowest BCUT2D eigenvalue weighted by molar-refractivity contribution is -0.139. The molecule has 1 aliphatic heterocycles. The molecule has 3 N–H and O–H groups in total. The van der Waals surface area contributed by atoms with Crippen molar-refractivity contribution in [2.24, 2.45) is 5.73 Å². The van der Waals surface area contributed by atoms with Gasteiger partial charge < -0.3 is 11.1 Å². The number of carbonyl (C=O) groups is 3. The van der Waals surface area contributed by atoms with E-state index in [4.69, 9.17) is 5.73 Å². The second-order valence-electron chi connectivity index (χ2n) is 6.32. The summed E-state index contributed by atoms with van der Waals surface area (Å²) in [5, 5.41) is 2.87. The van der Waals surface area contributed by atoms with Crippen LogP contribution in [0.25, 0.3) is 0 Å². The molecule has 0 unspecified atom stereocenters. The first-order valence-electron chi connectivity index (χ1n) is 8.37. The van der Waals surface area contributed by atoms with E-state index in [1.54, 1.807) is 24.3 Å². The van der Waals surface area contributed by atoms with Crippen molar-refractivity contribution in [1.29, 1.82) is 0 Å². The zero-order chi connectivity index (χ0) is 17.7. The number of carbonyl (C=O) groups excluding carboxylic acids is 3. The number of benzene rings is 1. The van der Waals surface area contributed by atoms with E-state index in [0.717, 1.165) is 18.4 Å². The lowest BCUT2D eigenvalue weighted by atomic mass is 9.94. The predicted molar refractivity (Wildman–Crippen MR) is 91.1 cm³/mol. The van der Waals surface area contributed by atoms with Crippen LogP contribution in [0.3, 0.4) is 0 Å². The number of nitrogens with zero attached hydrogens (tertiary/aromatic N) is 1.